The highest BCUT2D eigenvalue weighted by Crippen LogP contribution is 2.01. The van der Waals surface area contributed by atoms with Crippen molar-refractivity contribution >= 4 is 22.6 Å². The third-order valence-electron chi connectivity index (χ3n) is 0.624. The second-order valence-electron chi connectivity index (χ2n) is 1.25. The highest BCUT2D eigenvalue weighted by Gasteiger charge is 1.88. The predicted octanol–water partition coefficient (Wildman–Crippen LogP) is 1.63. The molecule has 1 aromatic rings. The van der Waals surface area contributed by atoms with Gasteiger partial charge in [0.05, 0.1) is 6.20 Å². The summed E-state index contributed by atoms with van der Waals surface area (Å²) in [5.41, 5.74) is 0. The molecule has 1 aromatic heterocycles. The fraction of sp³-hybridized carbons (Fsp3) is 0. The molecule has 0 spiro atoms. The molecule has 1 heterocycles. The van der Waals surface area contributed by atoms with Crippen molar-refractivity contribution in [1.29, 1.82) is 0 Å². The molecule has 8 heavy (non-hydrogen) atoms. The van der Waals surface area contributed by atoms with Gasteiger partial charge in [-0.3, -0.25) is 4.98 Å². The van der Waals surface area contributed by atoms with Gasteiger partial charge in [-0.2, -0.15) is 0 Å². The largest absolute Gasteiger partial charge is 0.250 e. The number of hydrogen-bond acceptors (Lipinski definition) is 1. The molecule has 3 heteroatoms. The number of hydrogen-bond donors (Lipinski definition) is 0. The van der Waals surface area contributed by atoms with Crippen molar-refractivity contribution in [3.05, 3.63) is 27.8 Å². The molecule has 0 saturated carbocycles. The van der Waals surface area contributed by atoms with Crippen LogP contribution in [0.15, 0.2) is 12.3 Å². The van der Waals surface area contributed by atoms with Crippen molar-refractivity contribution in [2.45, 2.75) is 0 Å². The smallest absolute Gasteiger partial charge is 0.142 e. The molecular formula is C5H2FIN. The molecule has 0 unspecified atom stereocenters. The minimum atomic E-state index is -0.312. The molecule has 1 nitrogen and oxygen atoms in total. The van der Waals surface area contributed by atoms with E-state index in [0.29, 0.717) is 3.57 Å². The van der Waals surface area contributed by atoms with Crippen LogP contribution in [0.2, 0.25) is 0 Å². The molecule has 1 radical (unpaired) electrons. The highest BCUT2D eigenvalue weighted by molar-refractivity contribution is 14.1. The zero-order chi connectivity index (χ0) is 5.98. The number of rotatable bonds is 0. The van der Waals surface area contributed by atoms with Crippen molar-refractivity contribution in [2.24, 2.45) is 0 Å². The van der Waals surface area contributed by atoms with Crippen LogP contribution in [0.4, 0.5) is 4.39 Å². The fourth-order valence-electron chi connectivity index (χ4n) is 0.346. The van der Waals surface area contributed by atoms with Gasteiger partial charge >= 0.3 is 0 Å². The quantitative estimate of drug-likeness (QED) is 0.608. The van der Waals surface area contributed by atoms with Gasteiger partial charge in [0.2, 0.25) is 0 Å². The van der Waals surface area contributed by atoms with Crippen LogP contribution in [0.25, 0.3) is 0 Å². The SMILES string of the molecule is Fc1cn[c]c(I)c1. The highest BCUT2D eigenvalue weighted by atomic mass is 127. The maximum Gasteiger partial charge on any atom is 0.142 e. The van der Waals surface area contributed by atoms with E-state index in [0.717, 1.165) is 6.20 Å². The van der Waals surface area contributed by atoms with Crippen molar-refractivity contribution in [3.8, 4) is 0 Å². The normalized spacial score (nSPS) is 9.25. The van der Waals surface area contributed by atoms with Gasteiger partial charge in [-0.25, -0.2) is 4.39 Å². The van der Waals surface area contributed by atoms with Gasteiger partial charge in [0.25, 0.3) is 0 Å². The van der Waals surface area contributed by atoms with Crippen LogP contribution in [0, 0.1) is 15.6 Å². The van der Waals surface area contributed by atoms with Gasteiger partial charge in [0.15, 0.2) is 0 Å². The molecule has 0 atom stereocenters. The number of nitrogens with zero attached hydrogens (tertiary/aromatic N) is 1. The third-order valence-corrected chi connectivity index (χ3v) is 1.18. The molecule has 0 aromatic carbocycles. The Balaban J connectivity index is 3.08. The first-order valence-electron chi connectivity index (χ1n) is 1.98. The van der Waals surface area contributed by atoms with Crippen LogP contribution >= 0.6 is 22.6 Å². The molecule has 0 bridgehead atoms. The van der Waals surface area contributed by atoms with E-state index in [1.807, 2.05) is 22.6 Å². The average molecular weight is 222 g/mol. The number of pyridine rings is 1. The van der Waals surface area contributed by atoms with Crippen molar-refractivity contribution in [3.63, 3.8) is 0 Å². The Hall–Kier alpha value is -0.190. The molecular weight excluding hydrogens is 220 g/mol. The summed E-state index contributed by atoms with van der Waals surface area (Å²) in [6.45, 7) is 0. The van der Waals surface area contributed by atoms with Crippen molar-refractivity contribution in [2.75, 3.05) is 0 Å². The first kappa shape index (κ1) is 5.94. The molecule has 0 amide bonds. The number of aromatic nitrogens is 1. The molecule has 0 aliphatic rings. The molecule has 0 aliphatic heterocycles. The van der Waals surface area contributed by atoms with E-state index in [4.69, 9.17) is 0 Å². The van der Waals surface area contributed by atoms with Crippen LogP contribution in [0.1, 0.15) is 0 Å². The maximum absolute atomic E-state index is 12.1. The van der Waals surface area contributed by atoms with E-state index >= 15 is 0 Å². The Labute approximate surface area is 60.1 Å². The van der Waals surface area contributed by atoms with Crippen LogP contribution < -0.4 is 0 Å². The minimum absolute atomic E-state index is 0.312. The van der Waals surface area contributed by atoms with Crippen LogP contribution in [-0.2, 0) is 0 Å². The molecule has 0 fully saturated rings. The minimum Gasteiger partial charge on any atom is -0.250 e. The molecule has 1 rings (SSSR count). The summed E-state index contributed by atoms with van der Waals surface area (Å²) >= 11 is 1.95. The second-order valence-corrected chi connectivity index (χ2v) is 2.41. The van der Waals surface area contributed by atoms with Crippen molar-refractivity contribution in [1.82, 2.24) is 4.98 Å². The van der Waals surface area contributed by atoms with Crippen LogP contribution in [-0.4, -0.2) is 4.98 Å². The van der Waals surface area contributed by atoms with Gasteiger partial charge in [0, 0.05) is 3.57 Å². The van der Waals surface area contributed by atoms with E-state index in [-0.39, 0.29) is 5.82 Å². The lowest BCUT2D eigenvalue weighted by molar-refractivity contribution is 0.620. The van der Waals surface area contributed by atoms with Gasteiger partial charge in [-0.05, 0) is 28.7 Å². The van der Waals surface area contributed by atoms with E-state index in [1.54, 1.807) is 0 Å². The lowest BCUT2D eigenvalue weighted by atomic mass is 10.5. The summed E-state index contributed by atoms with van der Waals surface area (Å²) in [6, 6.07) is 1.37. The Bertz CT molecular complexity index is 172. The van der Waals surface area contributed by atoms with E-state index in [9.17, 15) is 4.39 Å². The van der Waals surface area contributed by atoms with E-state index < -0.39 is 0 Å². The van der Waals surface area contributed by atoms with E-state index in [2.05, 4.69) is 11.2 Å². The topological polar surface area (TPSA) is 12.9 Å². The Morgan fingerprint density at radius 3 is 2.88 bits per heavy atom. The van der Waals surface area contributed by atoms with Crippen LogP contribution in [0.5, 0.6) is 0 Å². The standard InChI is InChI=1S/C5H2FIN/c6-4-1-5(7)3-8-2-4/h1-2H. The van der Waals surface area contributed by atoms with Crippen molar-refractivity contribution < 1.29 is 4.39 Å². The van der Waals surface area contributed by atoms with E-state index in [1.165, 1.54) is 6.07 Å². The summed E-state index contributed by atoms with van der Waals surface area (Å²) in [7, 11) is 0. The average Bonchev–Trinajstić information content (AvgIpc) is 1.64. The number of halogens is 2. The summed E-state index contributed by atoms with van der Waals surface area (Å²) in [6.07, 6.45) is 3.70. The van der Waals surface area contributed by atoms with Gasteiger partial charge in [-0.15, -0.1) is 0 Å². The lowest BCUT2D eigenvalue weighted by Gasteiger charge is -1.84. The predicted molar refractivity (Wildman–Crippen MR) is 35.7 cm³/mol. The Morgan fingerprint density at radius 2 is 2.50 bits per heavy atom. The summed E-state index contributed by atoms with van der Waals surface area (Å²) in [5.74, 6) is -0.312. The fourth-order valence-corrected chi connectivity index (χ4v) is 0.783. The summed E-state index contributed by atoms with van der Waals surface area (Å²) < 4.78 is 12.8. The monoisotopic (exact) mass is 222 g/mol. The second kappa shape index (κ2) is 2.39. The molecule has 41 valence electrons. The Morgan fingerprint density at radius 1 is 1.75 bits per heavy atom. The molecule has 0 N–H and O–H groups in total. The van der Waals surface area contributed by atoms with Gasteiger partial charge in [-0.1, -0.05) is 0 Å². The Kier molecular flexibility index (Phi) is 1.77. The zero-order valence-electron chi connectivity index (χ0n) is 3.86. The molecule has 0 saturated heterocycles. The summed E-state index contributed by atoms with van der Waals surface area (Å²) in [5, 5.41) is 0. The first-order chi connectivity index (χ1) is 3.79. The van der Waals surface area contributed by atoms with Gasteiger partial charge < -0.3 is 0 Å². The summed E-state index contributed by atoms with van der Waals surface area (Å²) in [4.78, 5) is 3.48. The van der Waals surface area contributed by atoms with Gasteiger partial charge in [0.1, 0.15) is 12.0 Å². The lowest BCUT2D eigenvalue weighted by Crippen LogP contribution is -1.78. The zero-order valence-corrected chi connectivity index (χ0v) is 6.02. The van der Waals surface area contributed by atoms with Crippen LogP contribution in [0.3, 0.4) is 0 Å². The first-order valence-corrected chi connectivity index (χ1v) is 3.05. The molecule has 0 aliphatic carbocycles. The maximum atomic E-state index is 12.1. The third kappa shape index (κ3) is 1.40.